The number of carbonyl (C=O) groups excluding carboxylic acids is 2. The van der Waals surface area contributed by atoms with E-state index >= 15 is 0 Å². The van der Waals surface area contributed by atoms with E-state index < -0.39 is 0 Å². The average molecular weight is 164 g/mol. The molecule has 12 heavy (non-hydrogen) atoms. The third-order valence-corrected chi connectivity index (χ3v) is 1.47. The van der Waals surface area contributed by atoms with Crippen molar-refractivity contribution in [2.24, 2.45) is 0 Å². The van der Waals surface area contributed by atoms with Crippen molar-refractivity contribution in [3.63, 3.8) is 0 Å². The van der Waals surface area contributed by atoms with Crippen LogP contribution in [0.3, 0.4) is 0 Å². The highest BCUT2D eigenvalue weighted by Crippen LogP contribution is 2.09. The van der Waals surface area contributed by atoms with Crippen LogP contribution in [0.25, 0.3) is 0 Å². The van der Waals surface area contributed by atoms with E-state index in [9.17, 15) is 9.59 Å². The number of nitrogen functional groups attached to an aromatic ring is 1. The van der Waals surface area contributed by atoms with Crippen LogP contribution in [0.15, 0.2) is 12.3 Å². The van der Waals surface area contributed by atoms with Gasteiger partial charge in [0.1, 0.15) is 5.69 Å². The standard InChI is InChI=1S/C8H8N2O2/c1-5(12)6-2-7(9)8(4-11)10-3-6/h2-4H,9H2,1H3. The van der Waals surface area contributed by atoms with E-state index in [1.165, 1.54) is 19.2 Å². The summed E-state index contributed by atoms with van der Waals surface area (Å²) >= 11 is 0. The van der Waals surface area contributed by atoms with Crippen LogP contribution in [-0.4, -0.2) is 17.1 Å². The summed E-state index contributed by atoms with van der Waals surface area (Å²) in [6, 6.07) is 1.44. The monoisotopic (exact) mass is 164 g/mol. The van der Waals surface area contributed by atoms with Gasteiger partial charge < -0.3 is 5.73 Å². The summed E-state index contributed by atoms with van der Waals surface area (Å²) < 4.78 is 0. The molecule has 2 N–H and O–H groups in total. The van der Waals surface area contributed by atoms with E-state index in [2.05, 4.69) is 4.98 Å². The number of nitrogens with zero attached hydrogens (tertiary/aromatic N) is 1. The molecule has 0 saturated carbocycles. The summed E-state index contributed by atoms with van der Waals surface area (Å²) in [6.45, 7) is 1.41. The number of Topliss-reactive ketones (excluding diaryl/α,β-unsaturated/α-hetero) is 1. The predicted molar refractivity (Wildman–Crippen MR) is 44.0 cm³/mol. The van der Waals surface area contributed by atoms with Crippen molar-refractivity contribution in [1.29, 1.82) is 0 Å². The summed E-state index contributed by atoms with van der Waals surface area (Å²) in [5, 5.41) is 0. The maximum atomic E-state index is 10.8. The number of anilines is 1. The number of aromatic nitrogens is 1. The minimum Gasteiger partial charge on any atom is -0.397 e. The fourth-order valence-electron chi connectivity index (χ4n) is 0.783. The summed E-state index contributed by atoms with van der Waals surface area (Å²) in [7, 11) is 0. The maximum Gasteiger partial charge on any atom is 0.170 e. The molecular weight excluding hydrogens is 156 g/mol. The molecular formula is C8H8N2O2. The van der Waals surface area contributed by atoms with Crippen molar-refractivity contribution >= 4 is 17.8 Å². The molecule has 0 aliphatic rings. The number of rotatable bonds is 2. The van der Waals surface area contributed by atoms with Gasteiger partial charge in [0.2, 0.25) is 0 Å². The summed E-state index contributed by atoms with van der Waals surface area (Å²) in [5.74, 6) is -0.119. The molecule has 0 spiro atoms. The zero-order chi connectivity index (χ0) is 9.14. The first-order chi connectivity index (χ1) is 5.65. The molecule has 0 aliphatic heterocycles. The normalized spacial score (nSPS) is 9.42. The van der Waals surface area contributed by atoms with Crippen LogP contribution in [0.5, 0.6) is 0 Å². The Kier molecular flexibility index (Phi) is 2.19. The molecule has 0 unspecified atom stereocenters. The van der Waals surface area contributed by atoms with Gasteiger partial charge >= 0.3 is 0 Å². The Hall–Kier alpha value is -1.71. The van der Waals surface area contributed by atoms with Crippen LogP contribution in [0.4, 0.5) is 5.69 Å². The molecule has 0 radical (unpaired) electrons. The number of hydrogen-bond donors (Lipinski definition) is 1. The molecule has 4 nitrogen and oxygen atoms in total. The van der Waals surface area contributed by atoms with Crippen molar-refractivity contribution in [2.75, 3.05) is 5.73 Å². The Bertz CT molecular complexity index is 334. The zero-order valence-corrected chi connectivity index (χ0v) is 6.57. The minimum absolute atomic E-state index is 0.119. The second-order valence-corrected chi connectivity index (χ2v) is 2.37. The molecule has 0 bridgehead atoms. The van der Waals surface area contributed by atoms with Crippen LogP contribution in [0.1, 0.15) is 27.8 Å². The molecule has 1 heterocycles. The fraction of sp³-hybridized carbons (Fsp3) is 0.125. The third kappa shape index (κ3) is 1.47. The summed E-state index contributed by atoms with van der Waals surface area (Å²) in [6.07, 6.45) is 1.89. The predicted octanol–water partition coefficient (Wildman–Crippen LogP) is 0.679. The third-order valence-electron chi connectivity index (χ3n) is 1.47. The molecule has 0 aromatic carbocycles. The Labute approximate surface area is 69.4 Å². The molecule has 0 aliphatic carbocycles. The molecule has 0 atom stereocenters. The first kappa shape index (κ1) is 8.39. The average Bonchev–Trinajstić information content (AvgIpc) is 2.04. The van der Waals surface area contributed by atoms with Crippen molar-refractivity contribution in [3.8, 4) is 0 Å². The van der Waals surface area contributed by atoms with E-state index in [0.29, 0.717) is 11.8 Å². The molecule has 62 valence electrons. The Morgan fingerprint density at radius 1 is 1.67 bits per heavy atom. The molecule has 1 aromatic rings. The van der Waals surface area contributed by atoms with Gasteiger partial charge in [0.15, 0.2) is 12.1 Å². The van der Waals surface area contributed by atoms with Crippen LogP contribution in [0, 0.1) is 0 Å². The van der Waals surface area contributed by atoms with E-state index in [0.717, 1.165) is 0 Å². The van der Waals surface area contributed by atoms with Crippen LogP contribution < -0.4 is 5.73 Å². The fourth-order valence-corrected chi connectivity index (χ4v) is 0.783. The molecule has 0 amide bonds. The zero-order valence-electron chi connectivity index (χ0n) is 6.57. The highest BCUT2D eigenvalue weighted by atomic mass is 16.1. The lowest BCUT2D eigenvalue weighted by Crippen LogP contribution is -2.01. The Morgan fingerprint density at radius 2 is 2.33 bits per heavy atom. The number of hydrogen-bond acceptors (Lipinski definition) is 4. The van der Waals surface area contributed by atoms with E-state index in [4.69, 9.17) is 5.73 Å². The SMILES string of the molecule is CC(=O)c1cnc(C=O)c(N)c1. The van der Waals surface area contributed by atoms with Gasteiger partial charge in [0.05, 0.1) is 5.69 Å². The first-order valence-electron chi connectivity index (χ1n) is 3.37. The van der Waals surface area contributed by atoms with E-state index in [-0.39, 0.29) is 17.2 Å². The van der Waals surface area contributed by atoms with Crippen molar-refractivity contribution < 1.29 is 9.59 Å². The molecule has 1 rings (SSSR count). The van der Waals surface area contributed by atoms with Gasteiger partial charge in [-0.1, -0.05) is 0 Å². The van der Waals surface area contributed by atoms with Gasteiger partial charge in [0, 0.05) is 11.8 Å². The second kappa shape index (κ2) is 3.13. The van der Waals surface area contributed by atoms with Crippen LogP contribution in [-0.2, 0) is 0 Å². The topological polar surface area (TPSA) is 73.0 Å². The number of pyridine rings is 1. The quantitative estimate of drug-likeness (QED) is 0.515. The second-order valence-electron chi connectivity index (χ2n) is 2.37. The van der Waals surface area contributed by atoms with Crippen molar-refractivity contribution in [3.05, 3.63) is 23.5 Å². The van der Waals surface area contributed by atoms with Gasteiger partial charge in [-0.15, -0.1) is 0 Å². The van der Waals surface area contributed by atoms with Crippen LogP contribution >= 0.6 is 0 Å². The van der Waals surface area contributed by atoms with Crippen molar-refractivity contribution in [2.45, 2.75) is 6.92 Å². The van der Waals surface area contributed by atoms with Gasteiger partial charge in [0.25, 0.3) is 0 Å². The van der Waals surface area contributed by atoms with Crippen LogP contribution in [0.2, 0.25) is 0 Å². The first-order valence-corrected chi connectivity index (χ1v) is 3.37. The van der Waals surface area contributed by atoms with E-state index in [1.807, 2.05) is 0 Å². The van der Waals surface area contributed by atoms with Gasteiger partial charge in [-0.3, -0.25) is 14.6 Å². The molecule has 1 aromatic heterocycles. The number of carbonyl (C=O) groups is 2. The summed E-state index contributed by atoms with van der Waals surface area (Å²) in [5.41, 5.74) is 6.24. The molecule has 4 heteroatoms. The highest BCUT2D eigenvalue weighted by molar-refractivity contribution is 5.95. The number of ketones is 1. The summed E-state index contributed by atoms with van der Waals surface area (Å²) in [4.78, 5) is 24.8. The highest BCUT2D eigenvalue weighted by Gasteiger charge is 2.03. The lowest BCUT2D eigenvalue weighted by Gasteiger charge is -1.98. The van der Waals surface area contributed by atoms with E-state index in [1.54, 1.807) is 0 Å². The lowest BCUT2D eigenvalue weighted by atomic mass is 10.2. The van der Waals surface area contributed by atoms with Gasteiger partial charge in [-0.2, -0.15) is 0 Å². The number of aldehydes is 1. The largest absolute Gasteiger partial charge is 0.397 e. The maximum absolute atomic E-state index is 10.8. The minimum atomic E-state index is -0.119. The van der Waals surface area contributed by atoms with Crippen molar-refractivity contribution in [1.82, 2.24) is 4.98 Å². The van der Waals surface area contributed by atoms with Gasteiger partial charge in [-0.25, -0.2) is 0 Å². The number of nitrogens with two attached hydrogens (primary N) is 1. The lowest BCUT2D eigenvalue weighted by molar-refractivity contribution is 0.101. The van der Waals surface area contributed by atoms with Gasteiger partial charge in [-0.05, 0) is 13.0 Å². The Morgan fingerprint density at radius 3 is 2.75 bits per heavy atom. The Balaban J connectivity index is 3.18. The molecule has 0 saturated heterocycles. The smallest absolute Gasteiger partial charge is 0.170 e. The molecule has 0 fully saturated rings.